The molecular weight excluding hydrogens is 338 g/mol. The largest absolute Gasteiger partial charge is 0.355 e. The molecule has 0 radical (unpaired) electrons. The molecule has 2 fully saturated rings. The molecule has 2 N–H and O–H groups in total. The van der Waals surface area contributed by atoms with E-state index in [1.807, 2.05) is 32.0 Å². The molecule has 6 heteroatoms. The molecular formula is C19H28ClN3O2. The van der Waals surface area contributed by atoms with Crippen LogP contribution in [-0.2, 0) is 9.59 Å². The number of benzene rings is 1. The summed E-state index contributed by atoms with van der Waals surface area (Å²) >= 11 is 0. The van der Waals surface area contributed by atoms with E-state index in [0.29, 0.717) is 25.4 Å². The number of nitrogens with one attached hydrogen (secondary N) is 2. The summed E-state index contributed by atoms with van der Waals surface area (Å²) in [6, 6.07) is 5.98. The fourth-order valence-electron chi connectivity index (χ4n) is 3.63. The van der Waals surface area contributed by atoms with E-state index < -0.39 is 0 Å². The standard InChI is InChI=1S/C19H27N3O2.ClH/c1-13-5-3-7-17(14(13)2)22-12-16(9-18(22)23)19(24)21-11-15-6-4-8-20-10-15;/h3,5,7,15-16,20H,4,6,8-12H2,1-2H3,(H,21,24);1H. The van der Waals surface area contributed by atoms with E-state index >= 15 is 0 Å². The van der Waals surface area contributed by atoms with E-state index in [9.17, 15) is 9.59 Å². The van der Waals surface area contributed by atoms with Crippen molar-refractivity contribution >= 4 is 29.9 Å². The van der Waals surface area contributed by atoms with Crippen molar-refractivity contribution in [3.05, 3.63) is 29.3 Å². The molecule has 25 heavy (non-hydrogen) atoms. The first-order chi connectivity index (χ1) is 11.6. The smallest absolute Gasteiger partial charge is 0.227 e. The van der Waals surface area contributed by atoms with Gasteiger partial charge in [-0.3, -0.25) is 9.59 Å². The molecule has 3 rings (SSSR count). The molecule has 2 amide bonds. The van der Waals surface area contributed by atoms with Crippen molar-refractivity contribution in [2.45, 2.75) is 33.1 Å². The molecule has 1 aromatic rings. The van der Waals surface area contributed by atoms with Crippen LogP contribution in [0.15, 0.2) is 18.2 Å². The molecule has 0 aliphatic carbocycles. The minimum atomic E-state index is -0.242. The van der Waals surface area contributed by atoms with Gasteiger partial charge in [0, 0.05) is 25.2 Å². The monoisotopic (exact) mass is 365 g/mol. The van der Waals surface area contributed by atoms with Gasteiger partial charge in [0.2, 0.25) is 11.8 Å². The van der Waals surface area contributed by atoms with Crippen molar-refractivity contribution in [3.63, 3.8) is 0 Å². The summed E-state index contributed by atoms with van der Waals surface area (Å²) in [5.74, 6) is 0.328. The lowest BCUT2D eigenvalue weighted by Gasteiger charge is -2.23. The van der Waals surface area contributed by atoms with Crippen LogP contribution in [0.5, 0.6) is 0 Å². The van der Waals surface area contributed by atoms with Crippen LogP contribution in [0.3, 0.4) is 0 Å². The van der Waals surface area contributed by atoms with Crippen molar-refractivity contribution in [1.82, 2.24) is 10.6 Å². The molecule has 2 aliphatic heterocycles. The van der Waals surface area contributed by atoms with Crippen molar-refractivity contribution < 1.29 is 9.59 Å². The van der Waals surface area contributed by atoms with E-state index in [-0.39, 0.29) is 30.1 Å². The van der Waals surface area contributed by atoms with Crippen molar-refractivity contribution in [2.75, 3.05) is 31.1 Å². The molecule has 0 bridgehead atoms. The Morgan fingerprint density at radius 2 is 2.16 bits per heavy atom. The Balaban J connectivity index is 0.00000225. The summed E-state index contributed by atoms with van der Waals surface area (Å²) < 4.78 is 0. The van der Waals surface area contributed by atoms with E-state index in [2.05, 4.69) is 10.6 Å². The first-order valence-electron chi connectivity index (χ1n) is 8.91. The van der Waals surface area contributed by atoms with Crippen LogP contribution >= 0.6 is 12.4 Å². The maximum Gasteiger partial charge on any atom is 0.227 e. The number of halogens is 1. The average Bonchev–Trinajstić information content (AvgIpc) is 2.98. The van der Waals surface area contributed by atoms with Crippen LogP contribution in [0.25, 0.3) is 0 Å². The fourth-order valence-corrected chi connectivity index (χ4v) is 3.63. The second-order valence-corrected chi connectivity index (χ2v) is 7.08. The van der Waals surface area contributed by atoms with Gasteiger partial charge in [0.05, 0.1) is 5.92 Å². The normalized spacial score (nSPS) is 23.3. The molecule has 5 nitrogen and oxygen atoms in total. The summed E-state index contributed by atoms with van der Waals surface area (Å²) in [5, 5.41) is 6.42. The number of amides is 2. The quantitative estimate of drug-likeness (QED) is 0.859. The number of rotatable bonds is 4. The van der Waals surface area contributed by atoms with Gasteiger partial charge in [-0.25, -0.2) is 0 Å². The van der Waals surface area contributed by atoms with Crippen molar-refractivity contribution in [1.29, 1.82) is 0 Å². The minimum absolute atomic E-state index is 0. The molecule has 0 aromatic heterocycles. The number of hydrogen-bond acceptors (Lipinski definition) is 3. The minimum Gasteiger partial charge on any atom is -0.355 e. The van der Waals surface area contributed by atoms with Crippen LogP contribution in [0.4, 0.5) is 5.69 Å². The number of piperidine rings is 1. The average molecular weight is 366 g/mol. The molecule has 2 aliphatic rings. The summed E-state index contributed by atoms with van der Waals surface area (Å²) in [4.78, 5) is 26.6. The number of carbonyl (C=O) groups excluding carboxylic acids is 2. The van der Waals surface area contributed by atoms with Gasteiger partial charge >= 0.3 is 0 Å². The Bertz CT molecular complexity index is 629. The van der Waals surface area contributed by atoms with Crippen LogP contribution < -0.4 is 15.5 Å². The Kier molecular flexibility index (Phi) is 6.85. The summed E-state index contributed by atoms with van der Waals surface area (Å²) in [6.07, 6.45) is 2.64. The predicted molar refractivity (Wildman–Crippen MR) is 102 cm³/mol. The van der Waals surface area contributed by atoms with Gasteiger partial charge < -0.3 is 15.5 Å². The van der Waals surface area contributed by atoms with E-state index in [0.717, 1.165) is 36.3 Å². The van der Waals surface area contributed by atoms with Gasteiger partial charge in [-0.1, -0.05) is 12.1 Å². The summed E-state index contributed by atoms with van der Waals surface area (Å²) in [7, 11) is 0. The fraction of sp³-hybridized carbons (Fsp3) is 0.579. The lowest BCUT2D eigenvalue weighted by atomic mass is 9.99. The zero-order chi connectivity index (χ0) is 17.1. The lowest BCUT2D eigenvalue weighted by molar-refractivity contribution is -0.126. The highest BCUT2D eigenvalue weighted by Crippen LogP contribution is 2.29. The number of aryl methyl sites for hydroxylation is 1. The predicted octanol–water partition coefficient (Wildman–Crippen LogP) is 2.19. The highest BCUT2D eigenvalue weighted by molar-refractivity contribution is 6.00. The van der Waals surface area contributed by atoms with Crippen molar-refractivity contribution in [2.24, 2.45) is 11.8 Å². The molecule has 2 saturated heterocycles. The molecule has 2 atom stereocenters. The highest BCUT2D eigenvalue weighted by atomic mass is 35.5. The van der Waals surface area contributed by atoms with E-state index in [4.69, 9.17) is 0 Å². The van der Waals surface area contributed by atoms with Crippen molar-refractivity contribution in [3.8, 4) is 0 Å². The molecule has 2 heterocycles. The third kappa shape index (κ3) is 4.53. The van der Waals surface area contributed by atoms with Gasteiger partial charge in [-0.2, -0.15) is 0 Å². The molecule has 0 spiro atoms. The zero-order valence-corrected chi connectivity index (χ0v) is 15.8. The van der Waals surface area contributed by atoms with Crippen LogP contribution in [0.2, 0.25) is 0 Å². The Labute approximate surface area is 155 Å². The third-order valence-corrected chi connectivity index (χ3v) is 5.33. The highest BCUT2D eigenvalue weighted by Gasteiger charge is 2.35. The Morgan fingerprint density at radius 1 is 1.36 bits per heavy atom. The molecule has 138 valence electrons. The van der Waals surface area contributed by atoms with Gasteiger partial charge in [0.25, 0.3) is 0 Å². The number of hydrogen-bond donors (Lipinski definition) is 2. The number of carbonyl (C=O) groups is 2. The Morgan fingerprint density at radius 3 is 2.88 bits per heavy atom. The second-order valence-electron chi connectivity index (χ2n) is 7.08. The lowest BCUT2D eigenvalue weighted by Crippen LogP contribution is -2.40. The molecule has 1 aromatic carbocycles. The number of anilines is 1. The second kappa shape index (κ2) is 8.68. The van der Waals surface area contributed by atoms with E-state index in [1.54, 1.807) is 4.90 Å². The maximum atomic E-state index is 12.5. The molecule has 0 saturated carbocycles. The maximum absolute atomic E-state index is 12.5. The van der Waals surface area contributed by atoms with Crippen LogP contribution in [0, 0.1) is 25.7 Å². The van der Waals surface area contributed by atoms with Gasteiger partial charge in [0.15, 0.2) is 0 Å². The van der Waals surface area contributed by atoms with Gasteiger partial charge in [-0.05, 0) is 62.9 Å². The van der Waals surface area contributed by atoms with Crippen LogP contribution in [0.1, 0.15) is 30.4 Å². The SMILES string of the molecule is Cc1cccc(N2CC(C(=O)NCC3CCCNC3)CC2=O)c1C.Cl. The first-order valence-corrected chi connectivity index (χ1v) is 8.91. The zero-order valence-electron chi connectivity index (χ0n) is 15.0. The van der Waals surface area contributed by atoms with Gasteiger partial charge in [-0.15, -0.1) is 12.4 Å². The summed E-state index contributed by atoms with van der Waals surface area (Å²) in [6.45, 7) is 7.31. The number of nitrogens with zero attached hydrogens (tertiary/aromatic N) is 1. The third-order valence-electron chi connectivity index (χ3n) is 5.33. The summed E-state index contributed by atoms with van der Waals surface area (Å²) in [5.41, 5.74) is 3.21. The van der Waals surface area contributed by atoms with Crippen LogP contribution in [-0.4, -0.2) is 38.0 Å². The molecule has 2 unspecified atom stereocenters. The van der Waals surface area contributed by atoms with E-state index in [1.165, 1.54) is 6.42 Å². The van der Waals surface area contributed by atoms with Gasteiger partial charge in [0.1, 0.15) is 0 Å². The Hall–Kier alpha value is -1.59. The topological polar surface area (TPSA) is 61.4 Å². The first kappa shape index (κ1) is 19.7.